The smallest absolute Gasteiger partial charge is 0.330 e. The van der Waals surface area contributed by atoms with E-state index in [1.54, 1.807) is 29.4 Å². The molecular weight excluding hydrogens is 398 g/mol. The van der Waals surface area contributed by atoms with Crippen LogP contribution in [0.15, 0.2) is 41.2 Å². The number of carbonyl (C=O) groups is 1. The fourth-order valence-corrected chi connectivity index (χ4v) is 4.27. The van der Waals surface area contributed by atoms with Crippen molar-refractivity contribution in [3.63, 3.8) is 0 Å². The number of aromatic nitrogens is 3. The summed E-state index contributed by atoms with van der Waals surface area (Å²) in [4.78, 5) is 28.6. The Bertz CT molecular complexity index is 1140. The number of fused-ring (bicyclic) bond motifs is 1. The summed E-state index contributed by atoms with van der Waals surface area (Å²) in [5.74, 6) is 0.487. The number of pyridine rings is 1. The van der Waals surface area contributed by atoms with E-state index in [0.29, 0.717) is 37.5 Å². The van der Waals surface area contributed by atoms with Crippen molar-refractivity contribution in [3.05, 3.63) is 52.4 Å². The molecular formula is C23H27N3O5. The van der Waals surface area contributed by atoms with Crippen molar-refractivity contribution in [2.75, 3.05) is 7.11 Å². The number of nitrogens with zero attached hydrogens (tertiary/aromatic N) is 3. The van der Waals surface area contributed by atoms with Gasteiger partial charge in [-0.2, -0.15) is 4.98 Å². The summed E-state index contributed by atoms with van der Waals surface area (Å²) < 4.78 is 14.4. The summed E-state index contributed by atoms with van der Waals surface area (Å²) in [6, 6.07) is 11.3. The Balaban J connectivity index is 1.53. The number of rotatable bonds is 7. The number of methoxy groups -OCH3 is 1. The predicted molar refractivity (Wildman–Crippen MR) is 115 cm³/mol. The fourth-order valence-electron chi connectivity index (χ4n) is 4.27. The standard InChI is InChI=1S/C23H27N3O5/c1-25-19-10-11-20(31-14-16-4-3-5-18(12-16)30-2)24-21(19)26(23(25)29)13-15-6-8-17(9-7-15)22(27)28/h3-5,10-12,15,17H,6-9,13-14H2,1-2H3,(H,27,28)/t15-,17-. The Hall–Kier alpha value is -3.29. The Morgan fingerprint density at radius 2 is 1.97 bits per heavy atom. The van der Waals surface area contributed by atoms with Crippen LogP contribution < -0.4 is 15.2 Å². The van der Waals surface area contributed by atoms with E-state index in [0.717, 1.165) is 29.7 Å². The van der Waals surface area contributed by atoms with Gasteiger partial charge >= 0.3 is 11.7 Å². The molecule has 8 nitrogen and oxygen atoms in total. The van der Waals surface area contributed by atoms with E-state index in [1.807, 2.05) is 30.3 Å². The molecule has 31 heavy (non-hydrogen) atoms. The molecule has 164 valence electrons. The topological polar surface area (TPSA) is 95.6 Å². The Morgan fingerprint density at radius 3 is 2.68 bits per heavy atom. The van der Waals surface area contributed by atoms with Crippen LogP contribution >= 0.6 is 0 Å². The summed E-state index contributed by atoms with van der Waals surface area (Å²) >= 11 is 0. The summed E-state index contributed by atoms with van der Waals surface area (Å²) in [5.41, 5.74) is 2.18. The van der Waals surface area contributed by atoms with Crippen molar-refractivity contribution in [3.8, 4) is 11.6 Å². The van der Waals surface area contributed by atoms with Gasteiger partial charge in [-0.25, -0.2) is 4.79 Å². The first-order chi connectivity index (χ1) is 15.0. The van der Waals surface area contributed by atoms with Crippen LogP contribution in [-0.4, -0.2) is 32.3 Å². The van der Waals surface area contributed by atoms with Crippen molar-refractivity contribution < 1.29 is 19.4 Å². The van der Waals surface area contributed by atoms with E-state index in [9.17, 15) is 14.7 Å². The molecule has 0 bridgehead atoms. The van der Waals surface area contributed by atoms with Crippen LogP contribution in [0.3, 0.4) is 0 Å². The number of ether oxygens (including phenoxy) is 2. The van der Waals surface area contributed by atoms with Crippen LogP contribution in [0.5, 0.6) is 11.6 Å². The van der Waals surface area contributed by atoms with Gasteiger partial charge in [0.15, 0.2) is 5.65 Å². The third-order valence-corrected chi connectivity index (χ3v) is 6.12. The van der Waals surface area contributed by atoms with Gasteiger partial charge in [0.25, 0.3) is 0 Å². The molecule has 1 aromatic carbocycles. The summed E-state index contributed by atoms with van der Waals surface area (Å²) in [6.45, 7) is 0.876. The van der Waals surface area contributed by atoms with E-state index in [1.165, 1.54) is 0 Å². The largest absolute Gasteiger partial charge is 0.497 e. The lowest BCUT2D eigenvalue weighted by Crippen LogP contribution is -2.29. The first kappa shape index (κ1) is 21.0. The quantitative estimate of drug-likeness (QED) is 0.625. The van der Waals surface area contributed by atoms with E-state index in [-0.39, 0.29) is 17.5 Å². The number of aryl methyl sites for hydroxylation is 1. The third kappa shape index (κ3) is 4.42. The summed E-state index contributed by atoms with van der Waals surface area (Å²) in [7, 11) is 3.36. The van der Waals surface area contributed by atoms with Crippen LogP contribution in [0.25, 0.3) is 11.2 Å². The van der Waals surface area contributed by atoms with Gasteiger partial charge in [0, 0.05) is 19.7 Å². The van der Waals surface area contributed by atoms with Crippen molar-refractivity contribution in [2.24, 2.45) is 18.9 Å². The monoisotopic (exact) mass is 425 g/mol. The van der Waals surface area contributed by atoms with Gasteiger partial charge in [0.1, 0.15) is 12.4 Å². The molecule has 1 saturated carbocycles. The van der Waals surface area contributed by atoms with Crippen molar-refractivity contribution in [2.45, 2.75) is 38.8 Å². The van der Waals surface area contributed by atoms with Gasteiger partial charge in [0.2, 0.25) is 5.88 Å². The van der Waals surface area contributed by atoms with Gasteiger partial charge < -0.3 is 14.6 Å². The molecule has 0 atom stereocenters. The zero-order valence-electron chi connectivity index (χ0n) is 17.8. The molecule has 0 amide bonds. The van der Waals surface area contributed by atoms with Crippen LogP contribution in [0.1, 0.15) is 31.2 Å². The Kier molecular flexibility index (Phi) is 5.97. The highest BCUT2D eigenvalue weighted by Gasteiger charge is 2.27. The van der Waals surface area contributed by atoms with Crippen LogP contribution in [0, 0.1) is 11.8 Å². The lowest BCUT2D eigenvalue weighted by atomic mass is 9.82. The molecule has 3 aromatic rings. The minimum atomic E-state index is -0.722. The van der Waals surface area contributed by atoms with Crippen LogP contribution in [0.4, 0.5) is 0 Å². The van der Waals surface area contributed by atoms with Gasteiger partial charge in [-0.3, -0.25) is 13.9 Å². The predicted octanol–water partition coefficient (Wildman–Crippen LogP) is 3.21. The molecule has 1 fully saturated rings. The molecule has 4 rings (SSSR count). The molecule has 0 spiro atoms. The molecule has 8 heteroatoms. The third-order valence-electron chi connectivity index (χ3n) is 6.12. The van der Waals surface area contributed by atoms with Gasteiger partial charge in [0.05, 0.1) is 18.5 Å². The zero-order chi connectivity index (χ0) is 22.0. The molecule has 1 N–H and O–H groups in total. The maximum Gasteiger partial charge on any atom is 0.330 e. The van der Waals surface area contributed by atoms with Crippen LogP contribution in [-0.2, 0) is 25.0 Å². The van der Waals surface area contributed by atoms with Gasteiger partial charge in [-0.1, -0.05) is 12.1 Å². The molecule has 2 aromatic heterocycles. The normalized spacial score (nSPS) is 18.8. The Morgan fingerprint density at radius 1 is 1.19 bits per heavy atom. The molecule has 0 unspecified atom stereocenters. The van der Waals surface area contributed by atoms with Gasteiger partial charge in [-0.05, 0) is 55.4 Å². The molecule has 2 heterocycles. The molecule has 0 radical (unpaired) electrons. The van der Waals surface area contributed by atoms with Crippen molar-refractivity contribution in [1.82, 2.24) is 14.1 Å². The second kappa shape index (κ2) is 8.83. The Labute approximate surface area is 180 Å². The van der Waals surface area contributed by atoms with E-state index in [2.05, 4.69) is 4.98 Å². The first-order valence-corrected chi connectivity index (χ1v) is 10.5. The number of hydrogen-bond donors (Lipinski definition) is 1. The second-order valence-corrected chi connectivity index (χ2v) is 8.14. The molecule has 1 aliphatic carbocycles. The molecule has 1 aliphatic rings. The summed E-state index contributed by atoms with van der Waals surface area (Å²) in [5, 5.41) is 9.21. The minimum Gasteiger partial charge on any atom is -0.497 e. The number of aliphatic carboxylic acids is 1. The van der Waals surface area contributed by atoms with Crippen molar-refractivity contribution in [1.29, 1.82) is 0 Å². The molecule has 0 aliphatic heterocycles. The summed E-state index contributed by atoms with van der Waals surface area (Å²) in [6.07, 6.45) is 2.90. The van der Waals surface area contributed by atoms with E-state index < -0.39 is 5.97 Å². The maximum atomic E-state index is 12.8. The average molecular weight is 425 g/mol. The number of benzene rings is 1. The number of imidazole rings is 1. The highest BCUT2D eigenvalue weighted by atomic mass is 16.5. The maximum absolute atomic E-state index is 12.8. The minimum absolute atomic E-state index is 0.118. The lowest BCUT2D eigenvalue weighted by Gasteiger charge is -2.26. The van der Waals surface area contributed by atoms with E-state index in [4.69, 9.17) is 9.47 Å². The number of carboxylic acids is 1. The van der Waals surface area contributed by atoms with E-state index >= 15 is 0 Å². The second-order valence-electron chi connectivity index (χ2n) is 8.14. The van der Waals surface area contributed by atoms with Crippen LogP contribution in [0.2, 0.25) is 0 Å². The SMILES string of the molecule is COc1cccc(COc2ccc3c(n2)n(C[C@H]2CC[C@H](C(=O)O)CC2)c(=O)n3C)c1. The van der Waals surface area contributed by atoms with Gasteiger partial charge in [-0.15, -0.1) is 0 Å². The number of carboxylic acid groups (broad SMARTS) is 1. The number of hydrogen-bond acceptors (Lipinski definition) is 5. The first-order valence-electron chi connectivity index (χ1n) is 10.5. The lowest BCUT2D eigenvalue weighted by molar-refractivity contribution is -0.143. The molecule has 0 saturated heterocycles. The zero-order valence-corrected chi connectivity index (χ0v) is 17.8. The fraction of sp³-hybridized carbons (Fsp3) is 0.435. The van der Waals surface area contributed by atoms with Crippen molar-refractivity contribution >= 4 is 17.1 Å². The highest BCUT2D eigenvalue weighted by molar-refractivity contribution is 5.72. The average Bonchev–Trinajstić information content (AvgIpc) is 3.02. The highest BCUT2D eigenvalue weighted by Crippen LogP contribution is 2.30.